The molecule has 0 fully saturated rings. The summed E-state index contributed by atoms with van der Waals surface area (Å²) in [6.07, 6.45) is 5.69. The molecule has 0 saturated heterocycles. The quantitative estimate of drug-likeness (QED) is 0.725. The Hall–Kier alpha value is -3.41. The highest BCUT2D eigenvalue weighted by Gasteiger charge is 2.27. The number of H-pyrrole nitrogens is 1. The van der Waals surface area contributed by atoms with Gasteiger partial charge in [-0.2, -0.15) is 15.1 Å². The van der Waals surface area contributed by atoms with Crippen LogP contribution < -0.4 is 9.80 Å². The van der Waals surface area contributed by atoms with Crippen LogP contribution >= 0.6 is 0 Å². The van der Waals surface area contributed by atoms with Gasteiger partial charge in [-0.1, -0.05) is 55.6 Å². The highest BCUT2D eigenvalue weighted by Crippen LogP contribution is 2.34. The zero-order valence-electron chi connectivity index (χ0n) is 16.4. The van der Waals surface area contributed by atoms with Crippen molar-refractivity contribution in [3.8, 4) is 0 Å². The summed E-state index contributed by atoms with van der Waals surface area (Å²) in [5.74, 6) is 1.70. The van der Waals surface area contributed by atoms with Gasteiger partial charge in [-0.25, -0.2) is 0 Å². The average molecular weight is 384 g/mol. The first kappa shape index (κ1) is 17.7. The van der Waals surface area contributed by atoms with Crippen LogP contribution in [0.15, 0.2) is 66.8 Å². The van der Waals surface area contributed by atoms with Crippen LogP contribution in [-0.4, -0.2) is 39.8 Å². The Morgan fingerprint density at radius 3 is 2.62 bits per heavy atom. The topological polar surface area (TPSA) is 60.9 Å². The monoisotopic (exact) mass is 384 g/mol. The third kappa shape index (κ3) is 3.10. The summed E-state index contributed by atoms with van der Waals surface area (Å²) in [6.45, 7) is 11.2. The molecule has 0 saturated carbocycles. The summed E-state index contributed by atoms with van der Waals surface area (Å²) in [6, 6.07) is 10.5. The van der Waals surface area contributed by atoms with Gasteiger partial charge in [0.1, 0.15) is 5.82 Å². The maximum absolute atomic E-state index is 5.02. The Labute approximate surface area is 170 Å². The Kier molecular flexibility index (Phi) is 4.39. The summed E-state index contributed by atoms with van der Waals surface area (Å²) < 4.78 is 0. The molecule has 2 aliphatic heterocycles. The van der Waals surface area contributed by atoms with Crippen LogP contribution in [0.1, 0.15) is 17.7 Å². The van der Waals surface area contributed by atoms with Gasteiger partial charge in [-0.15, -0.1) is 0 Å². The molecule has 146 valence electrons. The first-order chi connectivity index (χ1) is 14.3. The second-order valence-electron chi connectivity index (χ2n) is 7.54. The third-order valence-corrected chi connectivity index (χ3v) is 5.81. The number of benzene rings is 1. The predicted octanol–water partition coefficient (Wildman–Crippen LogP) is 3.79. The molecule has 0 spiro atoms. The summed E-state index contributed by atoms with van der Waals surface area (Å²) in [5, 5.41) is 8.70. The average Bonchev–Trinajstić information content (AvgIpc) is 3.19. The van der Waals surface area contributed by atoms with E-state index in [2.05, 4.69) is 57.4 Å². The lowest BCUT2D eigenvalue weighted by Gasteiger charge is -2.32. The second kappa shape index (κ2) is 7.20. The van der Waals surface area contributed by atoms with E-state index in [1.807, 2.05) is 18.2 Å². The number of hydrogen-bond donors (Lipinski definition) is 1. The number of nitrogens with zero attached hydrogens (tertiary/aromatic N) is 5. The summed E-state index contributed by atoms with van der Waals surface area (Å²) in [4.78, 5) is 14.4. The van der Waals surface area contributed by atoms with Crippen LogP contribution in [0, 0.1) is 0 Å². The molecule has 2 aliphatic rings. The lowest BCUT2D eigenvalue weighted by molar-refractivity contribution is 0.731. The first-order valence-corrected chi connectivity index (χ1v) is 10.0. The van der Waals surface area contributed by atoms with Gasteiger partial charge >= 0.3 is 0 Å². The van der Waals surface area contributed by atoms with Crippen molar-refractivity contribution in [2.45, 2.75) is 19.4 Å². The summed E-state index contributed by atoms with van der Waals surface area (Å²) >= 11 is 0. The number of allylic oxidation sites excluding steroid dienone is 1. The van der Waals surface area contributed by atoms with Crippen molar-refractivity contribution in [3.05, 3.63) is 78.0 Å². The first-order valence-electron chi connectivity index (χ1n) is 10.0. The number of hydrogen-bond acceptors (Lipinski definition) is 5. The van der Waals surface area contributed by atoms with Crippen LogP contribution in [0.4, 0.5) is 11.8 Å². The van der Waals surface area contributed by atoms with Crippen LogP contribution in [0.3, 0.4) is 0 Å². The van der Waals surface area contributed by atoms with Crippen molar-refractivity contribution >= 4 is 22.8 Å². The molecule has 4 heterocycles. The highest BCUT2D eigenvalue weighted by molar-refractivity contribution is 5.91. The second-order valence-corrected chi connectivity index (χ2v) is 7.54. The standard InChI is InChI=1S/C23H24N6/c1-3-17-10-12-29(15-18(17)4-2)23-24-21-20-19(26-27-21)11-13-28(22(20)25-23)14-16-8-6-5-7-9-16/h3-9H,1-2,10-15H2,(H,24,25,26,27). The van der Waals surface area contributed by atoms with Crippen LogP contribution in [0.25, 0.3) is 11.0 Å². The van der Waals surface area contributed by atoms with E-state index in [0.29, 0.717) is 0 Å². The van der Waals surface area contributed by atoms with Crippen molar-refractivity contribution < 1.29 is 0 Å². The zero-order valence-corrected chi connectivity index (χ0v) is 16.4. The van der Waals surface area contributed by atoms with Gasteiger partial charge in [0.2, 0.25) is 5.95 Å². The molecule has 1 N–H and O–H groups in total. The molecular weight excluding hydrogens is 360 g/mol. The summed E-state index contributed by atoms with van der Waals surface area (Å²) in [7, 11) is 0. The van der Waals surface area contributed by atoms with E-state index in [9.17, 15) is 0 Å². The van der Waals surface area contributed by atoms with Gasteiger partial charge in [-0.05, 0) is 23.1 Å². The fourth-order valence-corrected chi connectivity index (χ4v) is 4.22. The van der Waals surface area contributed by atoms with E-state index in [1.165, 1.54) is 16.7 Å². The molecule has 6 nitrogen and oxygen atoms in total. The van der Waals surface area contributed by atoms with Crippen LogP contribution in [0.5, 0.6) is 0 Å². The molecule has 3 aromatic rings. The molecule has 5 rings (SSSR count). The minimum atomic E-state index is 0.730. The summed E-state index contributed by atoms with van der Waals surface area (Å²) in [5.41, 5.74) is 5.60. The Morgan fingerprint density at radius 2 is 1.83 bits per heavy atom. The van der Waals surface area contributed by atoms with Crippen molar-refractivity contribution in [2.24, 2.45) is 0 Å². The lowest BCUT2D eigenvalue weighted by Crippen LogP contribution is -2.34. The number of nitrogens with one attached hydrogen (secondary N) is 1. The van der Waals surface area contributed by atoms with Crippen LogP contribution in [-0.2, 0) is 13.0 Å². The number of anilines is 2. The largest absolute Gasteiger partial charge is 0.351 e. The van der Waals surface area contributed by atoms with Crippen molar-refractivity contribution in [1.29, 1.82) is 0 Å². The normalized spacial score (nSPS) is 16.4. The highest BCUT2D eigenvalue weighted by atomic mass is 15.3. The number of aromatic amines is 1. The van der Waals surface area contributed by atoms with E-state index in [1.54, 1.807) is 0 Å². The fraction of sp³-hybridized carbons (Fsp3) is 0.261. The van der Waals surface area contributed by atoms with Gasteiger partial charge in [-0.3, -0.25) is 5.10 Å². The zero-order chi connectivity index (χ0) is 19.8. The number of aromatic nitrogens is 4. The fourth-order valence-electron chi connectivity index (χ4n) is 4.22. The molecule has 0 aliphatic carbocycles. The molecule has 0 atom stereocenters. The van der Waals surface area contributed by atoms with Crippen molar-refractivity contribution in [2.75, 3.05) is 29.4 Å². The Morgan fingerprint density at radius 1 is 1.00 bits per heavy atom. The van der Waals surface area contributed by atoms with Crippen molar-refractivity contribution in [1.82, 2.24) is 20.2 Å². The SMILES string of the molecule is C=CC1=C(C=C)CN(c2nc3c4c([nH]nc4n2)CCN3Cc2ccccc2)CC1. The van der Waals surface area contributed by atoms with E-state index < -0.39 is 0 Å². The van der Waals surface area contributed by atoms with Gasteiger partial charge in [0.15, 0.2) is 5.65 Å². The third-order valence-electron chi connectivity index (χ3n) is 5.81. The van der Waals surface area contributed by atoms with Gasteiger partial charge in [0, 0.05) is 32.6 Å². The molecule has 1 aromatic carbocycles. The maximum atomic E-state index is 5.02. The smallest absolute Gasteiger partial charge is 0.229 e. The Balaban J connectivity index is 1.54. The van der Waals surface area contributed by atoms with Crippen LogP contribution in [0.2, 0.25) is 0 Å². The molecule has 0 radical (unpaired) electrons. The molecular formula is C23H24N6. The van der Waals surface area contributed by atoms with Crippen molar-refractivity contribution in [3.63, 3.8) is 0 Å². The Bertz CT molecular complexity index is 1110. The van der Waals surface area contributed by atoms with Gasteiger partial charge in [0.05, 0.1) is 11.1 Å². The van der Waals surface area contributed by atoms with E-state index in [0.717, 1.165) is 67.5 Å². The minimum Gasteiger partial charge on any atom is -0.351 e. The minimum absolute atomic E-state index is 0.730. The van der Waals surface area contributed by atoms with E-state index >= 15 is 0 Å². The number of rotatable bonds is 5. The maximum Gasteiger partial charge on any atom is 0.229 e. The molecule has 0 bridgehead atoms. The predicted molar refractivity (Wildman–Crippen MR) is 117 cm³/mol. The van der Waals surface area contributed by atoms with E-state index in [-0.39, 0.29) is 0 Å². The molecule has 6 heteroatoms. The molecule has 29 heavy (non-hydrogen) atoms. The molecule has 2 aromatic heterocycles. The van der Waals surface area contributed by atoms with Gasteiger partial charge in [0.25, 0.3) is 0 Å². The lowest BCUT2D eigenvalue weighted by atomic mass is 10.0. The molecule has 0 unspecified atom stereocenters. The van der Waals surface area contributed by atoms with Gasteiger partial charge < -0.3 is 9.80 Å². The van der Waals surface area contributed by atoms with E-state index in [4.69, 9.17) is 9.97 Å². The molecule has 0 amide bonds.